The molecule has 2 rings (SSSR count). The Hall–Kier alpha value is -0.890. The molecule has 0 aromatic heterocycles. The number of nitrogens with zero attached hydrogens (tertiary/aromatic N) is 2. The zero-order chi connectivity index (χ0) is 20.0. The van der Waals surface area contributed by atoms with Gasteiger partial charge in [-0.2, -0.15) is 0 Å². The summed E-state index contributed by atoms with van der Waals surface area (Å²) >= 11 is 0. The lowest BCUT2D eigenvalue weighted by molar-refractivity contribution is 0.00395. The first kappa shape index (κ1) is 23.4. The van der Waals surface area contributed by atoms with E-state index in [1.165, 1.54) is 12.8 Å². The Morgan fingerprint density at radius 2 is 1.89 bits per heavy atom. The predicted molar refractivity (Wildman–Crippen MR) is 114 cm³/mol. The number of guanidine groups is 1. The van der Waals surface area contributed by atoms with Gasteiger partial charge in [-0.3, -0.25) is 9.89 Å². The number of ether oxygens (including phenoxy) is 3. The molecule has 7 heteroatoms. The van der Waals surface area contributed by atoms with E-state index in [0.29, 0.717) is 12.0 Å². The molecule has 0 saturated carbocycles. The first-order valence-electron chi connectivity index (χ1n) is 11.3. The molecule has 0 bridgehead atoms. The summed E-state index contributed by atoms with van der Waals surface area (Å²) in [5.41, 5.74) is 0. The normalized spacial score (nSPS) is 22.6. The Kier molecular flexibility index (Phi) is 11.8. The van der Waals surface area contributed by atoms with Gasteiger partial charge in [0, 0.05) is 45.4 Å². The molecule has 0 amide bonds. The fourth-order valence-corrected chi connectivity index (χ4v) is 4.00. The quantitative estimate of drug-likeness (QED) is 0.297. The number of hydrogen-bond donors (Lipinski definition) is 2. The minimum atomic E-state index is 0.288. The second kappa shape index (κ2) is 14.1. The van der Waals surface area contributed by atoms with Gasteiger partial charge in [-0.25, -0.2) is 0 Å². The van der Waals surface area contributed by atoms with Crippen molar-refractivity contribution in [2.45, 2.75) is 58.6 Å². The number of hydrogen-bond acceptors (Lipinski definition) is 5. The second-order valence-corrected chi connectivity index (χ2v) is 7.65. The van der Waals surface area contributed by atoms with E-state index in [1.807, 2.05) is 0 Å². The van der Waals surface area contributed by atoms with Crippen molar-refractivity contribution >= 4 is 5.96 Å². The van der Waals surface area contributed by atoms with Gasteiger partial charge in [0.25, 0.3) is 0 Å². The number of nitrogens with one attached hydrogen (secondary N) is 2. The molecule has 0 aromatic carbocycles. The lowest BCUT2D eigenvalue weighted by Crippen LogP contribution is -2.49. The van der Waals surface area contributed by atoms with Crippen molar-refractivity contribution in [3.8, 4) is 0 Å². The van der Waals surface area contributed by atoms with Gasteiger partial charge in [-0.05, 0) is 25.7 Å². The highest BCUT2D eigenvalue weighted by Crippen LogP contribution is 2.20. The van der Waals surface area contributed by atoms with E-state index < -0.39 is 0 Å². The van der Waals surface area contributed by atoms with Crippen molar-refractivity contribution in [3.05, 3.63) is 0 Å². The number of morpholine rings is 1. The van der Waals surface area contributed by atoms with Crippen LogP contribution in [0.5, 0.6) is 0 Å². The summed E-state index contributed by atoms with van der Waals surface area (Å²) in [5, 5.41) is 6.85. The molecular formula is C21H42N4O3. The van der Waals surface area contributed by atoms with Crippen molar-refractivity contribution in [2.75, 3.05) is 65.8 Å². The molecule has 2 aliphatic rings. The van der Waals surface area contributed by atoms with Gasteiger partial charge in [0.15, 0.2) is 5.96 Å². The minimum Gasteiger partial charge on any atom is -0.379 e. The largest absolute Gasteiger partial charge is 0.379 e. The van der Waals surface area contributed by atoms with Gasteiger partial charge < -0.3 is 24.8 Å². The average molecular weight is 399 g/mol. The fourth-order valence-electron chi connectivity index (χ4n) is 4.00. The van der Waals surface area contributed by atoms with Crippen LogP contribution in [0, 0.1) is 5.92 Å². The van der Waals surface area contributed by atoms with Crippen molar-refractivity contribution in [3.63, 3.8) is 0 Å². The first-order valence-corrected chi connectivity index (χ1v) is 11.3. The highest BCUT2D eigenvalue weighted by Gasteiger charge is 2.26. The molecule has 0 aromatic rings. The van der Waals surface area contributed by atoms with Gasteiger partial charge in [0.05, 0.1) is 32.5 Å². The van der Waals surface area contributed by atoms with E-state index >= 15 is 0 Å². The van der Waals surface area contributed by atoms with E-state index in [-0.39, 0.29) is 6.10 Å². The highest BCUT2D eigenvalue weighted by molar-refractivity contribution is 5.79. The van der Waals surface area contributed by atoms with Crippen LogP contribution < -0.4 is 10.6 Å². The van der Waals surface area contributed by atoms with Gasteiger partial charge in [-0.1, -0.05) is 26.7 Å². The maximum absolute atomic E-state index is 5.84. The van der Waals surface area contributed by atoms with Gasteiger partial charge >= 0.3 is 0 Å². The SMILES string of the molecule is CCNC(=NCC(C(CC)CC)N1CCOCC1)NCCCOC1CCOC1. The average Bonchev–Trinajstić information content (AvgIpc) is 3.25. The summed E-state index contributed by atoms with van der Waals surface area (Å²) in [6, 6.07) is 0.486. The maximum atomic E-state index is 5.84. The molecule has 2 N–H and O–H groups in total. The summed E-state index contributed by atoms with van der Waals surface area (Å²) in [4.78, 5) is 7.51. The first-order chi connectivity index (χ1) is 13.8. The standard InChI is InChI=1S/C21H42N4O3/c1-4-18(5-2)20(25-10-14-26-15-11-25)16-24-21(22-6-3)23-9-7-12-28-19-8-13-27-17-19/h18-20H,4-17H2,1-3H3,(H2,22,23,24). The third-order valence-electron chi connectivity index (χ3n) is 5.74. The van der Waals surface area contributed by atoms with Crippen LogP contribution in [0.25, 0.3) is 0 Å². The van der Waals surface area contributed by atoms with Crippen molar-refractivity contribution in [1.29, 1.82) is 0 Å². The van der Waals surface area contributed by atoms with Crippen LogP contribution in [-0.4, -0.2) is 88.8 Å². The Morgan fingerprint density at radius 1 is 1.11 bits per heavy atom. The summed E-state index contributed by atoms with van der Waals surface area (Å²) in [7, 11) is 0. The summed E-state index contributed by atoms with van der Waals surface area (Å²) < 4.78 is 16.7. The topological polar surface area (TPSA) is 67.4 Å². The lowest BCUT2D eigenvalue weighted by Gasteiger charge is -2.38. The number of aliphatic imine (C=N–C) groups is 1. The van der Waals surface area contributed by atoms with E-state index in [1.54, 1.807) is 0 Å². The van der Waals surface area contributed by atoms with E-state index in [0.717, 1.165) is 84.6 Å². The molecule has 2 heterocycles. The highest BCUT2D eigenvalue weighted by atomic mass is 16.5. The van der Waals surface area contributed by atoms with Crippen LogP contribution in [0.4, 0.5) is 0 Å². The predicted octanol–water partition coefficient (Wildman–Crippen LogP) is 1.87. The zero-order valence-corrected chi connectivity index (χ0v) is 18.3. The molecule has 0 radical (unpaired) electrons. The molecule has 2 atom stereocenters. The molecule has 164 valence electrons. The minimum absolute atomic E-state index is 0.288. The summed E-state index contributed by atoms with van der Waals surface area (Å²) in [6.07, 6.45) is 4.67. The summed E-state index contributed by atoms with van der Waals surface area (Å²) in [5.74, 6) is 1.59. The second-order valence-electron chi connectivity index (χ2n) is 7.65. The molecular weight excluding hydrogens is 356 g/mol. The number of rotatable bonds is 12. The van der Waals surface area contributed by atoms with Crippen LogP contribution in [0.3, 0.4) is 0 Å². The molecule has 2 fully saturated rings. The lowest BCUT2D eigenvalue weighted by atomic mass is 9.92. The third kappa shape index (κ3) is 8.23. The van der Waals surface area contributed by atoms with Gasteiger partial charge in [-0.15, -0.1) is 0 Å². The molecule has 0 spiro atoms. The van der Waals surface area contributed by atoms with E-state index in [4.69, 9.17) is 19.2 Å². The molecule has 2 aliphatic heterocycles. The van der Waals surface area contributed by atoms with E-state index in [2.05, 4.69) is 36.3 Å². The van der Waals surface area contributed by atoms with Crippen LogP contribution in [0.2, 0.25) is 0 Å². The Bertz CT molecular complexity index is 420. The van der Waals surface area contributed by atoms with Gasteiger partial charge in [0.1, 0.15) is 0 Å². The summed E-state index contributed by atoms with van der Waals surface area (Å²) in [6.45, 7) is 15.3. The van der Waals surface area contributed by atoms with Crippen molar-refractivity contribution < 1.29 is 14.2 Å². The van der Waals surface area contributed by atoms with Crippen molar-refractivity contribution in [2.24, 2.45) is 10.9 Å². The molecule has 2 unspecified atom stereocenters. The third-order valence-corrected chi connectivity index (χ3v) is 5.74. The van der Waals surface area contributed by atoms with Crippen molar-refractivity contribution in [1.82, 2.24) is 15.5 Å². The monoisotopic (exact) mass is 398 g/mol. The molecule has 28 heavy (non-hydrogen) atoms. The Balaban J connectivity index is 1.80. The smallest absolute Gasteiger partial charge is 0.191 e. The van der Waals surface area contributed by atoms with Crippen LogP contribution in [-0.2, 0) is 14.2 Å². The molecule has 7 nitrogen and oxygen atoms in total. The van der Waals surface area contributed by atoms with E-state index in [9.17, 15) is 0 Å². The fraction of sp³-hybridized carbons (Fsp3) is 0.952. The molecule has 2 saturated heterocycles. The maximum Gasteiger partial charge on any atom is 0.191 e. The van der Waals surface area contributed by atoms with Gasteiger partial charge in [0.2, 0.25) is 0 Å². The van der Waals surface area contributed by atoms with Crippen LogP contribution >= 0.6 is 0 Å². The zero-order valence-electron chi connectivity index (χ0n) is 18.3. The molecule has 0 aliphatic carbocycles. The van der Waals surface area contributed by atoms with Crippen LogP contribution in [0.15, 0.2) is 4.99 Å². The van der Waals surface area contributed by atoms with Crippen LogP contribution in [0.1, 0.15) is 46.5 Å². The Labute approximate surface area is 171 Å². The Morgan fingerprint density at radius 3 is 2.54 bits per heavy atom.